The first kappa shape index (κ1) is 11.4. The van der Waals surface area contributed by atoms with Crippen molar-refractivity contribution in [1.29, 1.82) is 0 Å². The molecule has 0 unspecified atom stereocenters. The van der Waals surface area contributed by atoms with Crippen molar-refractivity contribution in [3.63, 3.8) is 0 Å². The average Bonchev–Trinajstić information content (AvgIpc) is 2.36. The quantitative estimate of drug-likeness (QED) is 0.639. The Hall–Kier alpha value is -2.10. The second kappa shape index (κ2) is 4.41. The molecule has 4 nitrogen and oxygen atoms in total. The fourth-order valence-corrected chi connectivity index (χ4v) is 1.88. The van der Waals surface area contributed by atoms with Crippen molar-refractivity contribution < 1.29 is 0 Å². The van der Waals surface area contributed by atoms with E-state index in [2.05, 4.69) is 9.98 Å². The lowest BCUT2D eigenvalue weighted by atomic mass is 10.1. The Labute approximate surface area is 97.3 Å². The minimum Gasteiger partial charge on any atom is -0.286 e. The second-order valence-corrected chi connectivity index (χ2v) is 3.60. The van der Waals surface area contributed by atoms with Crippen LogP contribution in [0.4, 0.5) is 0 Å². The van der Waals surface area contributed by atoms with Crippen LogP contribution >= 0.6 is 0 Å². The van der Waals surface area contributed by atoms with Crippen LogP contribution in [-0.4, -0.2) is 13.6 Å². The fourth-order valence-electron chi connectivity index (χ4n) is 1.88. The molecule has 0 saturated carbocycles. The third kappa shape index (κ3) is 1.71. The van der Waals surface area contributed by atoms with E-state index in [1.807, 2.05) is 13.0 Å². The van der Waals surface area contributed by atoms with Gasteiger partial charge in [-0.2, -0.15) is 0 Å². The lowest BCUT2D eigenvalue weighted by molar-refractivity contribution is 1.03. The van der Waals surface area contributed by atoms with Crippen LogP contribution in [0.5, 0.6) is 0 Å². The maximum atomic E-state index is 11.9. The van der Waals surface area contributed by atoms with Crippen LogP contribution in [0.25, 0.3) is 10.8 Å². The van der Waals surface area contributed by atoms with Crippen LogP contribution in [-0.2, 0) is 0 Å². The van der Waals surface area contributed by atoms with Gasteiger partial charge in [-0.1, -0.05) is 24.3 Å². The van der Waals surface area contributed by atoms with E-state index >= 15 is 0 Å². The molecular weight excluding hydrogens is 216 g/mol. The summed E-state index contributed by atoms with van der Waals surface area (Å²) in [6, 6.07) is 6.98. The smallest absolute Gasteiger partial charge is 0.253 e. The monoisotopic (exact) mass is 228 g/mol. The molecule has 2 rings (SSSR count). The van der Waals surface area contributed by atoms with Crippen LogP contribution in [0, 0.1) is 0 Å². The summed E-state index contributed by atoms with van der Waals surface area (Å²) in [4.78, 5) is 31.9. The van der Waals surface area contributed by atoms with E-state index in [1.165, 1.54) is 0 Å². The first-order valence-electron chi connectivity index (χ1n) is 5.40. The Bertz CT molecular complexity index is 782. The molecule has 2 aromatic carbocycles. The zero-order valence-corrected chi connectivity index (χ0v) is 9.73. The summed E-state index contributed by atoms with van der Waals surface area (Å²) in [7, 11) is 1.60. The van der Waals surface area contributed by atoms with Crippen molar-refractivity contribution in [2.45, 2.75) is 6.92 Å². The van der Waals surface area contributed by atoms with E-state index in [9.17, 15) is 9.59 Å². The van der Waals surface area contributed by atoms with E-state index in [0.717, 1.165) is 0 Å². The standard InChI is InChI=1S/C13H12N2O2/c1-3-15-11-10(14-2)8-6-4-5-7-9(8)12(16)13(11)17/h4-7H,3H2,1-2H3/b14-10-,15-11+. The van der Waals surface area contributed by atoms with Crippen molar-refractivity contribution in [3.05, 3.63) is 55.4 Å². The summed E-state index contributed by atoms with van der Waals surface area (Å²) in [6.45, 7) is 2.27. The Kier molecular flexibility index (Phi) is 2.95. The topological polar surface area (TPSA) is 58.9 Å². The van der Waals surface area contributed by atoms with Gasteiger partial charge in [0.05, 0.1) is 5.36 Å². The number of fused-ring (bicyclic) bond motifs is 1. The lowest BCUT2D eigenvalue weighted by Gasteiger charge is -1.96. The highest BCUT2D eigenvalue weighted by molar-refractivity contribution is 5.81. The van der Waals surface area contributed by atoms with Crippen LogP contribution in [0.2, 0.25) is 0 Å². The minimum absolute atomic E-state index is 0.179. The number of nitrogens with zero attached hydrogens (tertiary/aromatic N) is 2. The molecule has 0 aliphatic carbocycles. The molecule has 0 aliphatic rings. The van der Waals surface area contributed by atoms with Gasteiger partial charge in [0.25, 0.3) is 5.43 Å². The highest BCUT2D eigenvalue weighted by Gasteiger charge is 2.07. The van der Waals surface area contributed by atoms with Gasteiger partial charge < -0.3 is 0 Å². The summed E-state index contributed by atoms with van der Waals surface area (Å²) in [5, 5.41) is 1.78. The van der Waals surface area contributed by atoms with Crippen LogP contribution < -0.4 is 21.6 Å². The zero-order chi connectivity index (χ0) is 12.4. The summed E-state index contributed by atoms with van der Waals surface area (Å²) < 4.78 is 0. The molecule has 0 aliphatic heterocycles. The van der Waals surface area contributed by atoms with Gasteiger partial charge in [0.2, 0.25) is 5.43 Å². The highest BCUT2D eigenvalue weighted by Crippen LogP contribution is 2.00. The molecule has 0 heterocycles. The first-order chi connectivity index (χ1) is 8.20. The molecular formula is C13H12N2O2. The molecule has 0 saturated heterocycles. The van der Waals surface area contributed by atoms with Crippen molar-refractivity contribution in [1.82, 2.24) is 0 Å². The summed E-state index contributed by atoms with van der Waals surface area (Å²) >= 11 is 0. The van der Waals surface area contributed by atoms with Gasteiger partial charge in [0, 0.05) is 24.4 Å². The number of hydrogen-bond donors (Lipinski definition) is 0. The molecule has 0 radical (unpaired) electrons. The molecule has 17 heavy (non-hydrogen) atoms. The molecule has 0 N–H and O–H groups in total. The van der Waals surface area contributed by atoms with Gasteiger partial charge in [-0.05, 0) is 6.92 Å². The summed E-state index contributed by atoms with van der Waals surface area (Å²) in [5.74, 6) is 0. The molecule has 0 aromatic heterocycles. The molecule has 0 fully saturated rings. The Balaban J connectivity index is 3.26. The van der Waals surface area contributed by atoms with Crippen LogP contribution in [0.3, 0.4) is 0 Å². The molecule has 0 amide bonds. The van der Waals surface area contributed by atoms with Gasteiger partial charge in [0.1, 0.15) is 5.36 Å². The third-order valence-electron chi connectivity index (χ3n) is 2.61. The van der Waals surface area contributed by atoms with Crippen LogP contribution in [0.15, 0.2) is 43.8 Å². The van der Waals surface area contributed by atoms with Gasteiger partial charge >= 0.3 is 0 Å². The van der Waals surface area contributed by atoms with Crippen LogP contribution in [0.1, 0.15) is 6.92 Å². The lowest BCUT2D eigenvalue weighted by Crippen LogP contribution is -2.48. The molecule has 86 valence electrons. The Morgan fingerprint density at radius 2 is 1.65 bits per heavy atom. The average molecular weight is 228 g/mol. The SMILES string of the molecule is CC/N=c1/c(=O)c(=O)c2ccccc2/c1=N/C. The van der Waals surface area contributed by atoms with E-state index in [1.54, 1.807) is 25.2 Å². The highest BCUT2D eigenvalue weighted by atomic mass is 16.2. The van der Waals surface area contributed by atoms with E-state index in [4.69, 9.17) is 0 Å². The second-order valence-electron chi connectivity index (χ2n) is 3.60. The fraction of sp³-hybridized carbons (Fsp3) is 0.231. The normalized spacial score (nSPS) is 13.5. The number of benzene rings is 2. The predicted molar refractivity (Wildman–Crippen MR) is 66.5 cm³/mol. The Morgan fingerprint density at radius 3 is 2.24 bits per heavy atom. The zero-order valence-electron chi connectivity index (χ0n) is 9.73. The van der Waals surface area contributed by atoms with Gasteiger partial charge in [-0.3, -0.25) is 19.6 Å². The van der Waals surface area contributed by atoms with Crippen molar-refractivity contribution in [2.75, 3.05) is 13.6 Å². The molecule has 0 atom stereocenters. The first-order valence-corrected chi connectivity index (χ1v) is 5.40. The molecule has 4 heteroatoms. The maximum absolute atomic E-state index is 11.9. The maximum Gasteiger partial charge on any atom is 0.253 e. The van der Waals surface area contributed by atoms with E-state index in [-0.39, 0.29) is 5.36 Å². The summed E-state index contributed by atoms with van der Waals surface area (Å²) in [6.07, 6.45) is 0. The van der Waals surface area contributed by atoms with Crippen molar-refractivity contribution in [2.24, 2.45) is 9.98 Å². The number of rotatable bonds is 1. The summed E-state index contributed by atoms with van der Waals surface area (Å²) in [5.41, 5.74) is -1.06. The Morgan fingerprint density at radius 1 is 1.00 bits per heavy atom. The van der Waals surface area contributed by atoms with Gasteiger partial charge in [-0.25, -0.2) is 0 Å². The molecule has 0 spiro atoms. The molecule has 0 bridgehead atoms. The van der Waals surface area contributed by atoms with Gasteiger partial charge in [0.15, 0.2) is 0 Å². The minimum atomic E-state index is -0.564. The third-order valence-corrected chi connectivity index (χ3v) is 2.61. The van der Waals surface area contributed by atoms with Crippen molar-refractivity contribution in [3.8, 4) is 0 Å². The predicted octanol–water partition coefficient (Wildman–Crippen LogP) is -0.113. The van der Waals surface area contributed by atoms with E-state index < -0.39 is 10.9 Å². The molecule has 2 aromatic rings. The number of hydrogen-bond acceptors (Lipinski definition) is 4. The largest absolute Gasteiger partial charge is 0.286 e. The van der Waals surface area contributed by atoms with Gasteiger partial charge in [-0.15, -0.1) is 0 Å². The van der Waals surface area contributed by atoms with E-state index in [0.29, 0.717) is 22.7 Å². The van der Waals surface area contributed by atoms with Crippen molar-refractivity contribution >= 4 is 10.8 Å².